The van der Waals surface area contributed by atoms with E-state index in [0.29, 0.717) is 16.4 Å². The molecule has 1 aliphatic heterocycles. The van der Waals surface area contributed by atoms with Gasteiger partial charge in [-0.25, -0.2) is 4.79 Å². The van der Waals surface area contributed by atoms with E-state index in [1.54, 1.807) is 19.3 Å². The lowest BCUT2D eigenvalue weighted by Crippen LogP contribution is -2.41. The van der Waals surface area contributed by atoms with Gasteiger partial charge in [0.25, 0.3) is 5.91 Å². The molecule has 6 nitrogen and oxygen atoms in total. The summed E-state index contributed by atoms with van der Waals surface area (Å²) in [5, 5.41) is 9.20. The van der Waals surface area contributed by atoms with Gasteiger partial charge in [-0.2, -0.15) is 0 Å². The van der Waals surface area contributed by atoms with Gasteiger partial charge in [0.2, 0.25) is 0 Å². The molecule has 0 bridgehead atoms. The second-order valence-electron chi connectivity index (χ2n) is 7.61. The summed E-state index contributed by atoms with van der Waals surface area (Å²) < 4.78 is 11.8. The topological polar surface area (TPSA) is 76.1 Å². The number of amides is 1. The predicted molar refractivity (Wildman–Crippen MR) is 129 cm³/mol. The first-order valence-electron chi connectivity index (χ1n) is 10.6. The third-order valence-corrected chi connectivity index (χ3v) is 6.43. The zero-order chi connectivity index (χ0) is 23.0. The maximum atomic E-state index is 12.6. The number of carbonyl (C=O) groups is 2. The van der Waals surface area contributed by atoms with Crippen LogP contribution < -0.4 is 9.47 Å². The highest BCUT2D eigenvalue weighted by molar-refractivity contribution is 8.26. The van der Waals surface area contributed by atoms with Gasteiger partial charge in [0.15, 0.2) is 11.5 Å². The minimum atomic E-state index is -1.10. The summed E-state index contributed by atoms with van der Waals surface area (Å²) in [4.78, 5) is 25.4. The Morgan fingerprint density at radius 1 is 1.23 bits per heavy atom. The number of aliphatic carboxylic acids is 1. The van der Waals surface area contributed by atoms with Gasteiger partial charge in [0, 0.05) is 0 Å². The number of thioether (sulfide) groups is 1. The smallest absolute Gasteiger partial charge is 0.326 e. The molecular weight excluding hydrogens is 434 g/mol. The molecule has 1 N–H and O–H groups in total. The van der Waals surface area contributed by atoms with Crippen LogP contribution in [0.1, 0.15) is 64.9 Å². The lowest BCUT2D eigenvalue weighted by atomic mass is 10.1. The quantitative estimate of drug-likeness (QED) is 0.248. The monoisotopic (exact) mass is 465 g/mol. The SMILES string of the molecule is CCCCCCC[C@@H](C)Oc1ccc(/C=C2/SC(=S)N([C@@H](C)C(=O)O)C2=O)cc1OC. The molecule has 2 atom stereocenters. The van der Waals surface area contributed by atoms with Crippen molar-refractivity contribution in [3.8, 4) is 11.5 Å². The number of rotatable bonds is 12. The van der Waals surface area contributed by atoms with Gasteiger partial charge in [-0.3, -0.25) is 9.69 Å². The summed E-state index contributed by atoms with van der Waals surface area (Å²) in [5.41, 5.74) is 0.750. The molecule has 0 radical (unpaired) electrons. The first-order chi connectivity index (χ1) is 14.8. The third kappa shape index (κ3) is 6.97. The normalized spacial score (nSPS) is 17.2. The molecule has 0 aromatic heterocycles. The number of methoxy groups -OCH3 is 1. The maximum Gasteiger partial charge on any atom is 0.326 e. The second-order valence-corrected chi connectivity index (χ2v) is 9.28. The average molecular weight is 466 g/mol. The Labute approximate surface area is 194 Å². The molecule has 1 fully saturated rings. The first-order valence-corrected chi connectivity index (χ1v) is 11.9. The summed E-state index contributed by atoms with van der Waals surface area (Å²) in [6.45, 7) is 5.71. The fourth-order valence-corrected chi connectivity index (χ4v) is 4.68. The van der Waals surface area contributed by atoms with Crippen molar-refractivity contribution in [1.82, 2.24) is 4.90 Å². The molecule has 1 saturated heterocycles. The second kappa shape index (κ2) is 12.1. The van der Waals surface area contributed by atoms with Crippen LogP contribution in [0.15, 0.2) is 23.1 Å². The zero-order valence-corrected chi connectivity index (χ0v) is 20.2. The third-order valence-electron chi connectivity index (χ3n) is 5.10. The Morgan fingerprint density at radius 2 is 1.94 bits per heavy atom. The number of carbonyl (C=O) groups excluding carboxylic acids is 1. The number of ether oxygens (including phenoxy) is 2. The van der Waals surface area contributed by atoms with E-state index >= 15 is 0 Å². The molecule has 2 rings (SSSR count). The van der Waals surface area contributed by atoms with Gasteiger partial charge in [-0.15, -0.1) is 0 Å². The van der Waals surface area contributed by atoms with E-state index in [1.807, 2.05) is 12.1 Å². The van der Waals surface area contributed by atoms with Gasteiger partial charge in [0.1, 0.15) is 10.4 Å². The van der Waals surface area contributed by atoms with Crippen molar-refractivity contribution in [2.75, 3.05) is 7.11 Å². The standard InChI is InChI=1S/C23H31NO5S2/c1-5-6-7-8-9-10-15(2)29-18-12-11-17(13-19(18)28-4)14-20-21(25)24(23(30)31-20)16(3)22(26)27/h11-16H,5-10H2,1-4H3,(H,26,27)/b20-14+/t15-,16+/m1/s1. The largest absolute Gasteiger partial charge is 0.493 e. The van der Waals surface area contributed by atoms with E-state index in [4.69, 9.17) is 21.7 Å². The number of thiocarbonyl (C=S) groups is 1. The molecule has 170 valence electrons. The van der Waals surface area contributed by atoms with Crippen LogP contribution in [0.2, 0.25) is 0 Å². The Morgan fingerprint density at radius 3 is 2.58 bits per heavy atom. The molecule has 0 aliphatic carbocycles. The van der Waals surface area contributed by atoms with Crippen LogP contribution in [0.5, 0.6) is 11.5 Å². The lowest BCUT2D eigenvalue weighted by Gasteiger charge is -2.18. The average Bonchev–Trinajstić information content (AvgIpc) is 3.01. The molecule has 8 heteroatoms. The van der Waals surface area contributed by atoms with Crippen LogP contribution in [-0.4, -0.2) is 45.5 Å². The van der Waals surface area contributed by atoms with Crippen LogP contribution in [0.3, 0.4) is 0 Å². The van der Waals surface area contributed by atoms with Gasteiger partial charge >= 0.3 is 5.97 Å². The number of carboxylic acids is 1. The highest BCUT2D eigenvalue weighted by Crippen LogP contribution is 2.36. The van der Waals surface area contributed by atoms with Crippen LogP contribution in [0.25, 0.3) is 6.08 Å². The molecule has 1 aromatic rings. The van der Waals surface area contributed by atoms with Gasteiger partial charge in [-0.05, 0) is 50.5 Å². The van der Waals surface area contributed by atoms with Gasteiger partial charge in [-0.1, -0.05) is 62.7 Å². The minimum absolute atomic E-state index is 0.0788. The number of carboxylic acid groups (broad SMARTS) is 1. The summed E-state index contributed by atoms with van der Waals surface area (Å²) in [6, 6.07) is 4.47. The number of nitrogens with zero attached hydrogens (tertiary/aromatic N) is 1. The summed E-state index contributed by atoms with van der Waals surface area (Å²) in [5.74, 6) is -0.255. The van der Waals surface area contributed by atoms with Crippen molar-refractivity contribution in [2.45, 2.75) is 71.4 Å². The molecule has 0 spiro atoms. The molecule has 1 aliphatic rings. The fourth-order valence-electron chi connectivity index (χ4n) is 3.26. The van der Waals surface area contributed by atoms with Crippen LogP contribution in [-0.2, 0) is 9.59 Å². The van der Waals surface area contributed by atoms with E-state index in [-0.39, 0.29) is 10.4 Å². The van der Waals surface area contributed by atoms with E-state index < -0.39 is 17.9 Å². The Kier molecular flexibility index (Phi) is 9.84. The molecule has 0 unspecified atom stereocenters. The maximum absolute atomic E-state index is 12.6. The Hall–Kier alpha value is -2.06. The van der Waals surface area contributed by atoms with E-state index in [0.717, 1.165) is 35.1 Å². The summed E-state index contributed by atoms with van der Waals surface area (Å²) in [6.07, 6.45) is 8.88. The van der Waals surface area contributed by atoms with Crippen LogP contribution >= 0.6 is 24.0 Å². The van der Waals surface area contributed by atoms with E-state index in [9.17, 15) is 14.7 Å². The van der Waals surface area contributed by atoms with Crippen LogP contribution in [0.4, 0.5) is 0 Å². The van der Waals surface area contributed by atoms with Crippen LogP contribution in [0, 0.1) is 0 Å². The number of benzene rings is 1. The van der Waals surface area contributed by atoms with Crippen molar-refractivity contribution >= 4 is 46.3 Å². The highest BCUT2D eigenvalue weighted by Gasteiger charge is 2.38. The van der Waals surface area contributed by atoms with Crippen molar-refractivity contribution in [3.63, 3.8) is 0 Å². The molecular formula is C23H31NO5S2. The van der Waals surface area contributed by atoms with Gasteiger partial charge < -0.3 is 14.6 Å². The predicted octanol–water partition coefficient (Wildman–Crippen LogP) is 5.50. The zero-order valence-electron chi connectivity index (χ0n) is 18.6. The minimum Gasteiger partial charge on any atom is -0.493 e. The molecule has 31 heavy (non-hydrogen) atoms. The molecule has 1 aromatic carbocycles. The first kappa shape index (κ1) is 25.2. The van der Waals surface area contributed by atoms with Gasteiger partial charge in [0.05, 0.1) is 18.1 Å². The summed E-state index contributed by atoms with van der Waals surface area (Å²) in [7, 11) is 1.58. The van der Waals surface area contributed by atoms with Crippen molar-refractivity contribution in [1.29, 1.82) is 0 Å². The molecule has 1 heterocycles. The fraction of sp³-hybridized carbons (Fsp3) is 0.522. The Bertz CT molecular complexity index is 839. The van der Waals surface area contributed by atoms with E-state index in [2.05, 4.69) is 13.8 Å². The lowest BCUT2D eigenvalue weighted by molar-refractivity contribution is -0.144. The number of hydrogen-bond acceptors (Lipinski definition) is 6. The number of unbranched alkanes of at least 4 members (excludes halogenated alkanes) is 4. The van der Waals surface area contributed by atoms with Crippen molar-refractivity contribution < 1.29 is 24.2 Å². The van der Waals surface area contributed by atoms with Crippen molar-refractivity contribution in [3.05, 3.63) is 28.7 Å². The van der Waals surface area contributed by atoms with E-state index in [1.165, 1.54) is 32.6 Å². The number of hydrogen-bond donors (Lipinski definition) is 1. The highest BCUT2D eigenvalue weighted by atomic mass is 32.2. The van der Waals surface area contributed by atoms with Crippen molar-refractivity contribution in [2.24, 2.45) is 0 Å². The summed E-state index contributed by atoms with van der Waals surface area (Å²) >= 11 is 6.30. The molecule has 1 amide bonds. The molecule has 0 saturated carbocycles. The Balaban J connectivity index is 2.07.